The molecule has 0 unspecified atom stereocenters. The Labute approximate surface area is 236 Å². The number of urea groups is 1. The van der Waals surface area contributed by atoms with Gasteiger partial charge in [0, 0.05) is 55.5 Å². The molecule has 6 rings (SSSR count). The summed E-state index contributed by atoms with van der Waals surface area (Å²) in [6.07, 6.45) is 6.46. The SMILES string of the molecule is CC=CC(=O)NC1CN(c2ccnc(NC(=O)Nc3ccc(-c4cc5c(N6CCOCC6)ncnc5[nH]4)cc3)c2)C1. The highest BCUT2D eigenvalue weighted by Crippen LogP contribution is 2.30. The maximum Gasteiger partial charge on any atom is 0.324 e. The van der Waals surface area contributed by atoms with Gasteiger partial charge in [0.2, 0.25) is 5.91 Å². The summed E-state index contributed by atoms with van der Waals surface area (Å²) in [4.78, 5) is 45.3. The number of carbonyl (C=O) groups is 2. The highest BCUT2D eigenvalue weighted by molar-refractivity contribution is 5.99. The van der Waals surface area contributed by atoms with Crippen molar-refractivity contribution in [2.45, 2.75) is 13.0 Å². The normalized spacial score (nSPS) is 15.6. The van der Waals surface area contributed by atoms with Crippen molar-refractivity contribution >= 4 is 46.0 Å². The van der Waals surface area contributed by atoms with Crippen molar-refractivity contribution in [1.82, 2.24) is 25.3 Å². The minimum atomic E-state index is -0.390. The lowest BCUT2D eigenvalue weighted by Crippen LogP contribution is -2.59. The van der Waals surface area contributed by atoms with Crippen LogP contribution in [0.15, 0.2) is 67.1 Å². The van der Waals surface area contributed by atoms with Gasteiger partial charge < -0.3 is 30.2 Å². The second-order valence-electron chi connectivity index (χ2n) is 9.91. The summed E-state index contributed by atoms with van der Waals surface area (Å²) in [7, 11) is 0. The van der Waals surface area contributed by atoms with E-state index >= 15 is 0 Å². The average Bonchev–Trinajstić information content (AvgIpc) is 3.40. The van der Waals surface area contributed by atoms with Crippen LogP contribution in [0.3, 0.4) is 0 Å². The number of morpholine rings is 1. The maximum atomic E-state index is 12.7. The van der Waals surface area contributed by atoms with Gasteiger partial charge in [0.05, 0.1) is 24.6 Å². The first kappa shape index (κ1) is 26.3. The largest absolute Gasteiger partial charge is 0.378 e. The number of amides is 3. The molecule has 3 aromatic heterocycles. The summed E-state index contributed by atoms with van der Waals surface area (Å²) >= 11 is 0. The van der Waals surface area contributed by atoms with E-state index in [-0.39, 0.29) is 11.9 Å². The number of hydrogen-bond donors (Lipinski definition) is 4. The highest BCUT2D eigenvalue weighted by Gasteiger charge is 2.28. The van der Waals surface area contributed by atoms with Gasteiger partial charge in [-0.3, -0.25) is 10.1 Å². The average molecular weight is 554 g/mol. The lowest BCUT2D eigenvalue weighted by Gasteiger charge is -2.41. The molecule has 12 heteroatoms. The number of pyridine rings is 1. The molecular weight excluding hydrogens is 522 g/mol. The summed E-state index contributed by atoms with van der Waals surface area (Å²) in [5.41, 5.74) is 4.23. The molecule has 5 heterocycles. The van der Waals surface area contributed by atoms with Crippen LogP contribution in [0.2, 0.25) is 0 Å². The fourth-order valence-electron chi connectivity index (χ4n) is 4.99. The lowest BCUT2D eigenvalue weighted by atomic mass is 10.1. The molecule has 3 amide bonds. The van der Waals surface area contributed by atoms with Crippen LogP contribution in [0.4, 0.5) is 27.8 Å². The minimum absolute atomic E-state index is 0.0903. The molecular formula is C29H31N9O3. The number of nitrogens with zero attached hydrogens (tertiary/aromatic N) is 5. The number of ether oxygens (including phenoxy) is 1. The molecule has 0 aliphatic carbocycles. The Morgan fingerprint density at radius 2 is 1.80 bits per heavy atom. The minimum Gasteiger partial charge on any atom is -0.378 e. The van der Waals surface area contributed by atoms with E-state index in [0.29, 0.717) is 37.8 Å². The van der Waals surface area contributed by atoms with E-state index in [1.165, 1.54) is 6.08 Å². The van der Waals surface area contributed by atoms with Crippen molar-refractivity contribution in [2.75, 3.05) is 59.8 Å². The van der Waals surface area contributed by atoms with E-state index < -0.39 is 6.03 Å². The number of hydrogen-bond acceptors (Lipinski definition) is 8. The van der Waals surface area contributed by atoms with Crippen molar-refractivity contribution in [1.29, 1.82) is 0 Å². The summed E-state index contributed by atoms with van der Waals surface area (Å²) < 4.78 is 5.48. The number of benzene rings is 1. The van der Waals surface area contributed by atoms with E-state index in [9.17, 15) is 9.59 Å². The van der Waals surface area contributed by atoms with Gasteiger partial charge in [0.1, 0.15) is 23.6 Å². The molecule has 2 saturated heterocycles. The predicted molar refractivity (Wildman–Crippen MR) is 158 cm³/mol. The van der Waals surface area contributed by atoms with Crippen molar-refractivity contribution in [3.63, 3.8) is 0 Å². The molecule has 2 aliphatic heterocycles. The van der Waals surface area contributed by atoms with Gasteiger partial charge in [-0.05, 0) is 42.8 Å². The van der Waals surface area contributed by atoms with Crippen molar-refractivity contribution in [2.24, 2.45) is 0 Å². The van der Waals surface area contributed by atoms with Gasteiger partial charge in [-0.25, -0.2) is 19.7 Å². The molecule has 210 valence electrons. The number of anilines is 4. The van der Waals surface area contributed by atoms with Gasteiger partial charge in [0.25, 0.3) is 0 Å². The number of allylic oxidation sites excluding steroid dienone is 1. The number of fused-ring (bicyclic) bond motifs is 1. The number of carbonyl (C=O) groups excluding carboxylic acids is 2. The molecule has 2 aliphatic rings. The molecule has 2 fully saturated rings. The van der Waals surface area contributed by atoms with Crippen molar-refractivity contribution in [3.05, 3.63) is 67.1 Å². The number of aromatic nitrogens is 4. The third kappa shape index (κ3) is 5.97. The summed E-state index contributed by atoms with van der Waals surface area (Å²) in [6, 6.07) is 13.0. The van der Waals surface area contributed by atoms with Gasteiger partial charge in [-0.1, -0.05) is 18.2 Å². The van der Waals surface area contributed by atoms with Crippen LogP contribution >= 0.6 is 0 Å². The molecule has 0 atom stereocenters. The smallest absolute Gasteiger partial charge is 0.324 e. The first-order valence-electron chi connectivity index (χ1n) is 13.5. The molecule has 0 spiro atoms. The second kappa shape index (κ2) is 11.6. The van der Waals surface area contributed by atoms with Gasteiger partial charge >= 0.3 is 6.03 Å². The fraction of sp³-hybridized carbons (Fsp3) is 0.276. The van der Waals surface area contributed by atoms with E-state index in [1.807, 2.05) is 43.3 Å². The number of aromatic amines is 1. The Morgan fingerprint density at radius 1 is 1.00 bits per heavy atom. The van der Waals surface area contributed by atoms with E-state index in [1.54, 1.807) is 18.6 Å². The Kier molecular flexibility index (Phi) is 7.46. The second-order valence-corrected chi connectivity index (χ2v) is 9.91. The van der Waals surface area contributed by atoms with E-state index in [0.717, 1.165) is 46.9 Å². The molecule has 0 bridgehead atoms. The molecule has 1 aromatic carbocycles. The zero-order valence-electron chi connectivity index (χ0n) is 22.6. The zero-order chi connectivity index (χ0) is 28.2. The van der Waals surface area contributed by atoms with E-state index in [4.69, 9.17) is 4.74 Å². The third-order valence-corrected chi connectivity index (χ3v) is 7.07. The van der Waals surface area contributed by atoms with Crippen molar-refractivity contribution < 1.29 is 14.3 Å². The van der Waals surface area contributed by atoms with Gasteiger partial charge in [-0.15, -0.1) is 0 Å². The van der Waals surface area contributed by atoms with Crippen molar-refractivity contribution in [3.8, 4) is 11.3 Å². The number of nitrogens with one attached hydrogen (secondary N) is 4. The summed E-state index contributed by atoms with van der Waals surface area (Å²) in [5.74, 6) is 1.25. The van der Waals surface area contributed by atoms with Crippen LogP contribution < -0.4 is 25.8 Å². The standard InChI is InChI=1S/C29H31N9O3/c1-2-3-26(39)33-21-16-38(17-21)22-8-9-30-25(14-22)36-29(40)34-20-6-4-19(5-7-20)24-15-23-27(35-24)31-18-32-28(23)37-10-12-41-13-11-37/h2-9,14-15,18,21H,10-13,16-17H2,1H3,(H,33,39)(H,31,32,35)(H2,30,34,36,40). The number of rotatable bonds is 7. The van der Waals surface area contributed by atoms with Crippen LogP contribution in [0, 0.1) is 0 Å². The maximum absolute atomic E-state index is 12.7. The first-order chi connectivity index (χ1) is 20.1. The van der Waals surface area contributed by atoms with Gasteiger partial charge in [0.15, 0.2) is 0 Å². The molecule has 4 aromatic rings. The molecule has 4 N–H and O–H groups in total. The predicted octanol–water partition coefficient (Wildman–Crippen LogP) is 3.38. The Bertz CT molecular complexity index is 1570. The monoisotopic (exact) mass is 553 g/mol. The van der Waals surface area contributed by atoms with Crippen LogP contribution in [0.25, 0.3) is 22.3 Å². The zero-order valence-corrected chi connectivity index (χ0v) is 22.6. The summed E-state index contributed by atoms with van der Waals surface area (Å²) in [6.45, 7) is 6.17. The molecule has 0 radical (unpaired) electrons. The van der Waals surface area contributed by atoms with Crippen LogP contribution in [0.5, 0.6) is 0 Å². The topological polar surface area (TPSA) is 140 Å². The quantitative estimate of drug-likeness (QED) is 0.255. The first-order valence-corrected chi connectivity index (χ1v) is 13.5. The highest BCUT2D eigenvalue weighted by atomic mass is 16.5. The lowest BCUT2D eigenvalue weighted by molar-refractivity contribution is -0.117. The molecule has 0 saturated carbocycles. The fourth-order valence-corrected chi connectivity index (χ4v) is 4.99. The molecule has 41 heavy (non-hydrogen) atoms. The molecule has 12 nitrogen and oxygen atoms in total. The Balaban J connectivity index is 1.06. The Hall–Kier alpha value is -4.97. The number of H-pyrrole nitrogens is 1. The van der Waals surface area contributed by atoms with Gasteiger partial charge in [-0.2, -0.15) is 0 Å². The van der Waals surface area contributed by atoms with E-state index in [2.05, 4.69) is 51.8 Å². The third-order valence-electron chi connectivity index (χ3n) is 7.07. The summed E-state index contributed by atoms with van der Waals surface area (Å²) in [5, 5.41) is 9.57. The van der Waals surface area contributed by atoms with Crippen LogP contribution in [-0.4, -0.2) is 77.3 Å². The van der Waals surface area contributed by atoms with Crippen LogP contribution in [0.1, 0.15) is 6.92 Å². The Morgan fingerprint density at radius 3 is 2.59 bits per heavy atom. The van der Waals surface area contributed by atoms with Crippen LogP contribution in [-0.2, 0) is 9.53 Å².